The first-order valence-electron chi connectivity index (χ1n) is 9.21. The average molecular weight is 378 g/mol. The molecule has 0 unspecified atom stereocenters. The zero-order chi connectivity index (χ0) is 20.1. The number of hydrogen-bond donors (Lipinski definition) is 1. The number of aromatic nitrogens is 2. The van der Waals surface area contributed by atoms with Crippen molar-refractivity contribution in [2.45, 2.75) is 20.4 Å². The van der Waals surface area contributed by atoms with Crippen LogP contribution in [-0.2, 0) is 11.3 Å². The monoisotopic (exact) mass is 378 g/mol. The molecule has 0 aliphatic rings. The minimum atomic E-state index is -0.0854. The number of benzene rings is 2. The van der Waals surface area contributed by atoms with Crippen LogP contribution < -0.4 is 10.1 Å². The maximum Gasteiger partial charge on any atom is 0.238 e. The molecule has 2 aromatic carbocycles. The summed E-state index contributed by atoms with van der Waals surface area (Å²) in [5.41, 5.74) is 4.90. The van der Waals surface area contributed by atoms with E-state index in [0.29, 0.717) is 18.0 Å². The Labute approximate surface area is 165 Å². The summed E-state index contributed by atoms with van der Waals surface area (Å²) >= 11 is 0. The Hall–Kier alpha value is -3.12. The number of methoxy groups -OCH3 is 1. The van der Waals surface area contributed by atoms with Gasteiger partial charge in [0.15, 0.2) is 0 Å². The lowest BCUT2D eigenvalue weighted by Crippen LogP contribution is -2.30. The number of rotatable bonds is 7. The average Bonchev–Trinajstić information content (AvgIpc) is 2.97. The van der Waals surface area contributed by atoms with Crippen LogP contribution in [0.5, 0.6) is 5.75 Å². The first kappa shape index (κ1) is 19.6. The largest absolute Gasteiger partial charge is 0.495 e. The van der Waals surface area contributed by atoms with Crippen LogP contribution in [0.15, 0.2) is 54.6 Å². The lowest BCUT2D eigenvalue weighted by Gasteiger charge is -2.17. The van der Waals surface area contributed by atoms with E-state index >= 15 is 0 Å². The summed E-state index contributed by atoms with van der Waals surface area (Å²) in [5, 5.41) is 7.59. The fourth-order valence-electron chi connectivity index (χ4n) is 3.23. The van der Waals surface area contributed by atoms with Crippen LogP contribution in [0.4, 0.5) is 5.69 Å². The number of nitrogens with zero attached hydrogens (tertiary/aromatic N) is 3. The molecule has 28 heavy (non-hydrogen) atoms. The molecule has 1 N–H and O–H groups in total. The van der Waals surface area contributed by atoms with Gasteiger partial charge in [0.2, 0.25) is 5.91 Å². The SMILES string of the molecule is COc1ccccc1NC(=O)CN(C)Cc1c(C)nn(-c2ccccc2)c1C. The van der Waals surface area contributed by atoms with E-state index in [4.69, 9.17) is 4.74 Å². The Morgan fingerprint density at radius 2 is 1.79 bits per heavy atom. The molecular formula is C22H26N4O2. The third-order valence-electron chi connectivity index (χ3n) is 4.66. The Morgan fingerprint density at radius 3 is 2.50 bits per heavy atom. The highest BCUT2D eigenvalue weighted by atomic mass is 16.5. The van der Waals surface area contributed by atoms with Gasteiger partial charge in [-0.15, -0.1) is 0 Å². The molecule has 6 heteroatoms. The second-order valence-electron chi connectivity index (χ2n) is 6.82. The molecule has 0 saturated heterocycles. The lowest BCUT2D eigenvalue weighted by molar-refractivity contribution is -0.117. The van der Waals surface area contributed by atoms with Gasteiger partial charge in [-0.05, 0) is 45.2 Å². The van der Waals surface area contributed by atoms with Crippen molar-refractivity contribution < 1.29 is 9.53 Å². The van der Waals surface area contributed by atoms with Crippen molar-refractivity contribution in [3.05, 3.63) is 71.5 Å². The van der Waals surface area contributed by atoms with E-state index in [1.54, 1.807) is 7.11 Å². The van der Waals surface area contributed by atoms with E-state index in [-0.39, 0.29) is 12.5 Å². The summed E-state index contributed by atoms with van der Waals surface area (Å²) in [4.78, 5) is 14.4. The predicted molar refractivity (Wildman–Crippen MR) is 111 cm³/mol. The van der Waals surface area contributed by atoms with Gasteiger partial charge < -0.3 is 10.1 Å². The van der Waals surface area contributed by atoms with E-state index in [9.17, 15) is 4.79 Å². The first-order chi connectivity index (χ1) is 13.5. The molecule has 3 rings (SSSR count). The fraction of sp³-hybridized carbons (Fsp3) is 0.273. The zero-order valence-corrected chi connectivity index (χ0v) is 16.8. The molecule has 146 valence electrons. The first-order valence-corrected chi connectivity index (χ1v) is 9.21. The summed E-state index contributed by atoms with van der Waals surface area (Å²) < 4.78 is 7.24. The van der Waals surface area contributed by atoms with Crippen LogP contribution in [0.25, 0.3) is 5.69 Å². The van der Waals surface area contributed by atoms with Crippen LogP contribution >= 0.6 is 0 Å². The summed E-state index contributed by atoms with van der Waals surface area (Å²) in [6.45, 7) is 4.98. The molecule has 0 fully saturated rings. The Balaban J connectivity index is 1.67. The van der Waals surface area contributed by atoms with Crippen molar-refractivity contribution in [3.63, 3.8) is 0 Å². The van der Waals surface area contributed by atoms with E-state index in [0.717, 1.165) is 22.6 Å². The maximum absolute atomic E-state index is 12.4. The minimum Gasteiger partial charge on any atom is -0.495 e. The molecule has 0 aliphatic heterocycles. The summed E-state index contributed by atoms with van der Waals surface area (Å²) in [7, 11) is 3.52. The van der Waals surface area contributed by atoms with Gasteiger partial charge in [-0.25, -0.2) is 4.68 Å². The van der Waals surface area contributed by atoms with Gasteiger partial charge >= 0.3 is 0 Å². The molecule has 0 saturated carbocycles. The van der Waals surface area contributed by atoms with Gasteiger partial charge in [-0.2, -0.15) is 5.10 Å². The summed E-state index contributed by atoms with van der Waals surface area (Å²) in [5.74, 6) is 0.562. The highest BCUT2D eigenvalue weighted by molar-refractivity contribution is 5.93. The van der Waals surface area contributed by atoms with Gasteiger partial charge in [0.25, 0.3) is 0 Å². The number of likely N-dealkylation sites (N-methyl/N-ethyl adjacent to an activating group) is 1. The number of ether oxygens (including phenoxy) is 1. The Bertz CT molecular complexity index is 950. The second kappa shape index (κ2) is 8.71. The van der Waals surface area contributed by atoms with Crippen molar-refractivity contribution in [2.75, 3.05) is 26.0 Å². The molecule has 0 bridgehead atoms. The number of anilines is 1. The molecule has 0 aliphatic carbocycles. The Kier molecular flexibility index (Phi) is 6.11. The lowest BCUT2D eigenvalue weighted by atomic mass is 10.2. The molecule has 3 aromatic rings. The number of para-hydroxylation sites is 3. The van der Waals surface area contributed by atoms with E-state index in [1.807, 2.05) is 78.2 Å². The van der Waals surface area contributed by atoms with Gasteiger partial charge in [0.1, 0.15) is 5.75 Å². The van der Waals surface area contributed by atoms with Gasteiger partial charge in [0.05, 0.1) is 30.7 Å². The number of hydrogen-bond acceptors (Lipinski definition) is 4. The smallest absolute Gasteiger partial charge is 0.238 e. The quantitative estimate of drug-likeness (QED) is 0.683. The number of carbonyl (C=O) groups is 1. The third kappa shape index (κ3) is 4.40. The minimum absolute atomic E-state index is 0.0854. The molecular weight excluding hydrogens is 352 g/mol. The molecule has 0 radical (unpaired) electrons. The molecule has 6 nitrogen and oxygen atoms in total. The number of amides is 1. The highest BCUT2D eigenvalue weighted by Gasteiger charge is 2.16. The van der Waals surface area contributed by atoms with Crippen molar-refractivity contribution in [3.8, 4) is 11.4 Å². The highest BCUT2D eigenvalue weighted by Crippen LogP contribution is 2.23. The number of carbonyl (C=O) groups excluding carboxylic acids is 1. The van der Waals surface area contributed by atoms with E-state index in [1.165, 1.54) is 0 Å². The normalized spacial score (nSPS) is 10.9. The van der Waals surface area contributed by atoms with Crippen LogP contribution in [0.1, 0.15) is 17.0 Å². The van der Waals surface area contributed by atoms with Crippen molar-refractivity contribution in [1.29, 1.82) is 0 Å². The molecule has 1 heterocycles. The van der Waals surface area contributed by atoms with Crippen LogP contribution in [0.2, 0.25) is 0 Å². The molecule has 0 atom stereocenters. The third-order valence-corrected chi connectivity index (χ3v) is 4.66. The summed E-state index contributed by atoms with van der Waals surface area (Å²) in [6.07, 6.45) is 0. The Morgan fingerprint density at radius 1 is 1.11 bits per heavy atom. The van der Waals surface area contributed by atoms with Crippen molar-refractivity contribution >= 4 is 11.6 Å². The zero-order valence-electron chi connectivity index (χ0n) is 16.8. The van der Waals surface area contributed by atoms with Crippen LogP contribution in [-0.4, -0.2) is 41.3 Å². The van der Waals surface area contributed by atoms with Gasteiger partial charge in [0, 0.05) is 17.8 Å². The number of nitrogens with one attached hydrogen (secondary N) is 1. The number of aryl methyl sites for hydroxylation is 1. The van der Waals surface area contributed by atoms with Crippen molar-refractivity contribution in [1.82, 2.24) is 14.7 Å². The standard InChI is InChI=1S/C22H26N4O2/c1-16-19(17(2)26(24-16)18-10-6-5-7-11-18)14-25(3)15-22(27)23-20-12-8-9-13-21(20)28-4/h5-13H,14-15H2,1-4H3,(H,23,27). The molecule has 0 spiro atoms. The molecule has 1 amide bonds. The van der Waals surface area contributed by atoms with Crippen molar-refractivity contribution in [2.24, 2.45) is 0 Å². The van der Waals surface area contributed by atoms with E-state index in [2.05, 4.69) is 17.3 Å². The summed E-state index contributed by atoms with van der Waals surface area (Å²) in [6, 6.07) is 17.5. The fourth-order valence-corrected chi connectivity index (χ4v) is 3.23. The van der Waals surface area contributed by atoms with Crippen LogP contribution in [0, 0.1) is 13.8 Å². The van der Waals surface area contributed by atoms with E-state index < -0.39 is 0 Å². The maximum atomic E-state index is 12.4. The topological polar surface area (TPSA) is 59.4 Å². The van der Waals surface area contributed by atoms with Gasteiger partial charge in [-0.1, -0.05) is 30.3 Å². The second-order valence-corrected chi connectivity index (χ2v) is 6.82. The predicted octanol–water partition coefficient (Wildman–Crippen LogP) is 3.57. The molecule has 1 aromatic heterocycles. The van der Waals surface area contributed by atoms with Crippen LogP contribution in [0.3, 0.4) is 0 Å². The van der Waals surface area contributed by atoms with Gasteiger partial charge in [-0.3, -0.25) is 9.69 Å².